The van der Waals surface area contributed by atoms with E-state index >= 15 is 0 Å². The fraction of sp³-hybridized carbons (Fsp3) is 0.667. The first-order valence-electron chi connectivity index (χ1n) is 9.47. The first kappa shape index (κ1) is 22.5. The highest BCUT2D eigenvalue weighted by Gasteiger charge is 2.23. The summed E-state index contributed by atoms with van der Waals surface area (Å²) in [6.07, 6.45) is 2.10. The molecule has 28 heavy (non-hydrogen) atoms. The first-order valence-corrected chi connectivity index (χ1v) is 10.9. The Kier molecular flexibility index (Phi) is 8.17. The van der Waals surface area contributed by atoms with Crippen LogP contribution in [0.4, 0.5) is 0 Å². The first-order chi connectivity index (χ1) is 13.3. The zero-order valence-corrected chi connectivity index (χ0v) is 17.4. The topological polar surface area (TPSA) is 107 Å². The molecule has 0 aliphatic carbocycles. The van der Waals surface area contributed by atoms with E-state index in [2.05, 4.69) is 5.32 Å². The maximum atomic E-state index is 12.6. The summed E-state index contributed by atoms with van der Waals surface area (Å²) in [5, 5.41) is 2.76. The maximum Gasteiger partial charge on any atom is 0.251 e. The van der Waals surface area contributed by atoms with Crippen LogP contribution >= 0.6 is 0 Å². The van der Waals surface area contributed by atoms with E-state index in [1.54, 1.807) is 20.8 Å². The van der Waals surface area contributed by atoms with Crippen LogP contribution in [0, 0.1) is 0 Å². The van der Waals surface area contributed by atoms with Crippen LogP contribution < -0.4 is 10.9 Å². The molecule has 1 aliphatic rings. The predicted molar refractivity (Wildman–Crippen MR) is 104 cm³/mol. The van der Waals surface area contributed by atoms with Crippen molar-refractivity contribution in [1.82, 2.24) is 14.2 Å². The second kappa shape index (κ2) is 10.1. The third kappa shape index (κ3) is 5.87. The smallest absolute Gasteiger partial charge is 0.251 e. The number of rotatable bonds is 10. The van der Waals surface area contributed by atoms with E-state index in [0.717, 1.165) is 17.1 Å². The van der Waals surface area contributed by atoms with E-state index in [9.17, 15) is 18.0 Å². The average Bonchev–Trinajstić information content (AvgIpc) is 3.16. The second-order valence-corrected chi connectivity index (χ2v) is 8.65. The van der Waals surface area contributed by atoms with E-state index < -0.39 is 21.5 Å². The summed E-state index contributed by atoms with van der Waals surface area (Å²) < 4.78 is 38.5. The zero-order chi connectivity index (χ0) is 20.7. The number of carbonyl (C=O) groups excluding carboxylic acids is 1. The Morgan fingerprint density at radius 1 is 1.39 bits per heavy atom. The lowest BCUT2D eigenvalue weighted by Gasteiger charge is -2.19. The summed E-state index contributed by atoms with van der Waals surface area (Å²) >= 11 is 0. The van der Waals surface area contributed by atoms with Gasteiger partial charge in [0, 0.05) is 38.0 Å². The van der Waals surface area contributed by atoms with Gasteiger partial charge in [0.2, 0.25) is 15.9 Å². The number of pyridine rings is 1. The average molecular weight is 416 g/mol. The highest BCUT2D eigenvalue weighted by Crippen LogP contribution is 2.13. The van der Waals surface area contributed by atoms with Gasteiger partial charge in [0.15, 0.2) is 0 Å². The Balaban J connectivity index is 2.00. The van der Waals surface area contributed by atoms with E-state index in [1.807, 2.05) is 0 Å². The van der Waals surface area contributed by atoms with Crippen molar-refractivity contribution in [3.63, 3.8) is 0 Å². The van der Waals surface area contributed by atoms with Gasteiger partial charge in [-0.3, -0.25) is 9.59 Å². The standard InChI is InChI=1S/C18H29N3O6S/c1-4-21(5-2)28(24,25)16-6-7-18(23)20(10-16)11-17(22)19-14(3)12-27-15-8-9-26-13-15/h6-7,10,14-15H,4-5,8-9,11-13H2,1-3H3,(H,19,22)/t14-,15+/m0/s1. The third-order valence-corrected chi connectivity index (χ3v) is 6.52. The molecule has 2 rings (SSSR count). The molecule has 158 valence electrons. The van der Waals surface area contributed by atoms with Crippen molar-refractivity contribution in [2.24, 2.45) is 0 Å². The van der Waals surface area contributed by atoms with E-state index in [0.29, 0.717) is 32.9 Å². The predicted octanol–water partition coefficient (Wildman–Crippen LogP) is 0.189. The van der Waals surface area contributed by atoms with Crippen molar-refractivity contribution in [3.05, 3.63) is 28.7 Å². The van der Waals surface area contributed by atoms with Crippen molar-refractivity contribution in [2.75, 3.05) is 32.9 Å². The van der Waals surface area contributed by atoms with Gasteiger partial charge in [-0.15, -0.1) is 0 Å². The van der Waals surface area contributed by atoms with Crippen LogP contribution in [0.2, 0.25) is 0 Å². The molecule has 10 heteroatoms. The van der Waals surface area contributed by atoms with Gasteiger partial charge in [-0.05, 0) is 19.4 Å². The fourth-order valence-corrected chi connectivity index (χ4v) is 4.42. The molecule has 1 saturated heterocycles. The van der Waals surface area contributed by atoms with Crippen LogP contribution in [0.5, 0.6) is 0 Å². The lowest BCUT2D eigenvalue weighted by Crippen LogP contribution is -2.40. The van der Waals surface area contributed by atoms with E-state index in [1.165, 1.54) is 16.6 Å². The molecule has 1 aromatic rings. The van der Waals surface area contributed by atoms with Crippen LogP contribution in [0.1, 0.15) is 27.2 Å². The Morgan fingerprint density at radius 2 is 2.11 bits per heavy atom. The van der Waals surface area contributed by atoms with Crippen molar-refractivity contribution in [3.8, 4) is 0 Å². The number of hydrogen-bond donors (Lipinski definition) is 1. The summed E-state index contributed by atoms with van der Waals surface area (Å²) in [6, 6.07) is 2.19. The SMILES string of the molecule is CCN(CC)S(=O)(=O)c1ccc(=O)n(CC(=O)N[C@@H](C)CO[C@@H]2CCOC2)c1. The lowest BCUT2D eigenvalue weighted by molar-refractivity contribution is -0.123. The van der Waals surface area contributed by atoms with Crippen LogP contribution in [0.15, 0.2) is 28.0 Å². The Bertz CT molecular complexity index is 813. The number of ether oxygens (including phenoxy) is 2. The molecule has 1 aliphatic heterocycles. The number of hydrogen-bond acceptors (Lipinski definition) is 6. The van der Waals surface area contributed by atoms with Crippen molar-refractivity contribution in [2.45, 2.75) is 50.8 Å². The van der Waals surface area contributed by atoms with Gasteiger partial charge >= 0.3 is 0 Å². The Labute approximate surface area is 165 Å². The van der Waals surface area contributed by atoms with Gasteiger partial charge in [0.25, 0.3) is 5.56 Å². The minimum Gasteiger partial charge on any atom is -0.379 e. The Morgan fingerprint density at radius 3 is 2.71 bits per heavy atom. The fourth-order valence-electron chi connectivity index (χ4n) is 2.94. The minimum absolute atomic E-state index is 0.0128. The van der Waals surface area contributed by atoms with Gasteiger partial charge in [-0.25, -0.2) is 8.42 Å². The van der Waals surface area contributed by atoms with Gasteiger partial charge in [0.1, 0.15) is 6.54 Å². The maximum absolute atomic E-state index is 12.6. The number of amides is 1. The van der Waals surface area contributed by atoms with E-state index in [4.69, 9.17) is 9.47 Å². The molecular weight excluding hydrogens is 386 g/mol. The van der Waals surface area contributed by atoms with Crippen molar-refractivity contribution >= 4 is 15.9 Å². The summed E-state index contributed by atoms with van der Waals surface area (Å²) in [4.78, 5) is 24.3. The normalized spacial score (nSPS) is 18.4. The molecular formula is C18H29N3O6S. The molecule has 1 amide bonds. The number of nitrogens with zero attached hydrogens (tertiary/aromatic N) is 2. The number of nitrogens with one attached hydrogen (secondary N) is 1. The summed E-state index contributed by atoms with van der Waals surface area (Å²) in [6.45, 7) is 7.24. The second-order valence-electron chi connectivity index (χ2n) is 6.71. The molecule has 0 bridgehead atoms. The molecule has 0 unspecified atom stereocenters. The molecule has 1 fully saturated rings. The molecule has 0 radical (unpaired) electrons. The minimum atomic E-state index is -3.71. The van der Waals surface area contributed by atoms with E-state index in [-0.39, 0.29) is 23.6 Å². The van der Waals surface area contributed by atoms with Crippen molar-refractivity contribution < 1.29 is 22.7 Å². The van der Waals surface area contributed by atoms with Crippen LogP contribution in [0.3, 0.4) is 0 Å². The van der Waals surface area contributed by atoms with Gasteiger partial charge in [-0.1, -0.05) is 13.8 Å². The molecule has 0 aromatic carbocycles. The van der Waals surface area contributed by atoms with Gasteiger partial charge < -0.3 is 19.4 Å². The van der Waals surface area contributed by atoms with Crippen LogP contribution in [0.25, 0.3) is 0 Å². The van der Waals surface area contributed by atoms with Gasteiger partial charge in [0.05, 0.1) is 24.2 Å². The monoisotopic (exact) mass is 415 g/mol. The highest BCUT2D eigenvalue weighted by atomic mass is 32.2. The quantitative estimate of drug-likeness (QED) is 0.585. The number of carbonyl (C=O) groups is 1. The largest absolute Gasteiger partial charge is 0.379 e. The Hall–Kier alpha value is -1.75. The lowest BCUT2D eigenvalue weighted by atomic mass is 10.3. The molecule has 0 spiro atoms. The van der Waals surface area contributed by atoms with Crippen LogP contribution in [-0.2, 0) is 30.8 Å². The van der Waals surface area contributed by atoms with Crippen LogP contribution in [-0.4, -0.2) is 68.3 Å². The molecule has 0 saturated carbocycles. The summed E-state index contributed by atoms with van der Waals surface area (Å²) in [5.74, 6) is -0.391. The third-order valence-electron chi connectivity index (χ3n) is 4.49. The molecule has 1 N–H and O–H groups in total. The molecule has 1 aromatic heterocycles. The number of sulfonamides is 1. The molecule has 2 atom stereocenters. The molecule has 2 heterocycles. The summed E-state index contributed by atoms with van der Waals surface area (Å²) in [7, 11) is -3.71. The zero-order valence-electron chi connectivity index (χ0n) is 16.6. The summed E-state index contributed by atoms with van der Waals surface area (Å²) in [5.41, 5.74) is -0.444. The van der Waals surface area contributed by atoms with Gasteiger partial charge in [-0.2, -0.15) is 4.31 Å². The number of aromatic nitrogens is 1. The molecule has 9 nitrogen and oxygen atoms in total. The van der Waals surface area contributed by atoms with Crippen molar-refractivity contribution in [1.29, 1.82) is 0 Å². The highest BCUT2D eigenvalue weighted by molar-refractivity contribution is 7.89.